The van der Waals surface area contributed by atoms with Gasteiger partial charge in [0.1, 0.15) is 0 Å². The Morgan fingerprint density at radius 1 is 0.821 bits per heavy atom. The molecule has 0 radical (unpaired) electrons. The normalized spacial score (nSPS) is 10.0. The van der Waals surface area contributed by atoms with E-state index in [1.54, 1.807) is 24.3 Å². The summed E-state index contributed by atoms with van der Waals surface area (Å²) >= 11 is 0. The van der Waals surface area contributed by atoms with E-state index < -0.39 is 23.4 Å². The molecule has 0 aliphatic heterocycles. The number of hydrogen-bond donors (Lipinski definition) is 2. The smallest absolute Gasteiger partial charge is 0.257 e. The molecule has 2 amide bonds. The molecule has 3 rings (SSSR count). The maximum Gasteiger partial charge on any atom is 0.257 e. The van der Waals surface area contributed by atoms with Crippen LogP contribution in [0, 0.1) is 23.0 Å². The van der Waals surface area contributed by atoms with Crippen molar-refractivity contribution in [3.63, 3.8) is 0 Å². The first kappa shape index (κ1) is 18.7. The Labute approximate surface area is 158 Å². The summed E-state index contributed by atoms with van der Waals surface area (Å²) in [4.78, 5) is 28.5. The van der Waals surface area contributed by atoms with Crippen molar-refractivity contribution < 1.29 is 18.4 Å². The molecule has 0 aliphatic rings. The van der Waals surface area contributed by atoms with Crippen LogP contribution in [0.2, 0.25) is 0 Å². The van der Waals surface area contributed by atoms with Crippen LogP contribution in [0.15, 0.2) is 60.9 Å². The molecule has 2 N–H and O–H groups in total. The highest BCUT2D eigenvalue weighted by molar-refractivity contribution is 6.08. The van der Waals surface area contributed by atoms with Crippen molar-refractivity contribution in [2.45, 2.75) is 0 Å². The van der Waals surface area contributed by atoms with E-state index in [9.17, 15) is 18.4 Å². The number of aromatic nitrogens is 1. The Morgan fingerprint density at radius 2 is 1.39 bits per heavy atom. The van der Waals surface area contributed by atoms with Crippen LogP contribution < -0.4 is 10.6 Å². The topological polar surface area (TPSA) is 94.9 Å². The third-order valence-electron chi connectivity index (χ3n) is 3.71. The number of hydrogen-bond acceptors (Lipinski definition) is 4. The lowest BCUT2D eigenvalue weighted by Gasteiger charge is -2.08. The van der Waals surface area contributed by atoms with E-state index in [1.165, 1.54) is 24.5 Å². The Balaban J connectivity index is 1.73. The van der Waals surface area contributed by atoms with Crippen LogP contribution in [-0.2, 0) is 0 Å². The second kappa shape index (κ2) is 8.05. The number of nitrogens with one attached hydrogen (secondary N) is 2. The van der Waals surface area contributed by atoms with Gasteiger partial charge in [0.05, 0.1) is 22.8 Å². The van der Waals surface area contributed by atoms with Gasteiger partial charge in [0, 0.05) is 29.8 Å². The third-order valence-corrected chi connectivity index (χ3v) is 3.71. The van der Waals surface area contributed by atoms with Crippen molar-refractivity contribution in [2.75, 3.05) is 10.6 Å². The number of benzene rings is 2. The third kappa shape index (κ3) is 4.34. The van der Waals surface area contributed by atoms with Crippen molar-refractivity contribution in [3.8, 4) is 6.07 Å². The summed E-state index contributed by atoms with van der Waals surface area (Å²) in [6.45, 7) is 0. The number of anilines is 2. The van der Waals surface area contributed by atoms with Crippen molar-refractivity contribution in [1.82, 2.24) is 4.98 Å². The minimum atomic E-state index is -1.09. The van der Waals surface area contributed by atoms with Crippen LogP contribution in [0.3, 0.4) is 0 Å². The average molecular weight is 378 g/mol. The quantitative estimate of drug-likeness (QED) is 0.723. The molecule has 3 aromatic rings. The molecule has 0 atom stereocenters. The molecule has 138 valence electrons. The first-order valence-electron chi connectivity index (χ1n) is 7.99. The Kier molecular flexibility index (Phi) is 5.37. The van der Waals surface area contributed by atoms with E-state index >= 15 is 0 Å². The zero-order valence-corrected chi connectivity index (χ0v) is 14.2. The molecule has 0 fully saturated rings. The predicted octanol–water partition coefficient (Wildman–Crippen LogP) is 3.74. The summed E-state index contributed by atoms with van der Waals surface area (Å²) in [5, 5.41) is 13.8. The van der Waals surface area contributed by atoms with Gasteiger partial charge in [0.15, 0.2) is 11.6 Å². The summed E-state index contributed by atoms with van der Waals surface area (Å²) in [5.74, 6) is -3.25. The molecule has 0 saturated carbocycles. The van der Waals surface area contributed by atoms with Crippen LogP contribution >= 0.6 is 0 Å². The molecule has 1 aromatic heterocycles. The Bertz CT molecular complexity index is 1090. The fraction of sp³-hybridized carbons (Fsp3) is 0. The van der Waals surface area contributed by atoms with E-state index in [0.29, 0.717) is 11.3 Å². The molecule has 0 unspecified atom stereocenters. The van der Waals surface area contributed by atoms with Gasteiger partial charge in [-0.2, -0.15) is 5.26 Å². The van der Waals surface area contributed by atoms with Gasteiger partial charge in [-0.3, -0.25) is 14.6 Å². The van der Waals surface area contributed by atoms with E-state index in [1.807, 2.05) is 6.07 Å². The van der Waals surface area contributed by atoms with Gasteiger partial charge in [-0.1, -0.05) is 0 Å². The summed E-state index contributed by atoms with van der Waals surface area (Å²) in [6.07, 6.45) is 2.53. The summed E-state index contributed by atoms with van der Waals surface area (Å²) in [7, 11) is 0. The monoisotopic (exact) mass is 378 g/mol. The van der Waals surface area contributed by atoms with Gasteiger partial charge in [0.25, 0.3) is 11.8 Å². The first-order valence-corrected chi connectivity index (χ1v) is 7.99. The fourth-order valence-electron chi connectivity index (χ4n) is 2.30. The van der Waals surface area contributed by atoms with Gasteiger partial charge in [-0.15, -0.1) is 0 Å². The summed E-state index contributed by atoms with van der Waals surface area (Å²) < 4.78 is 26.2. The maximum absolute atomic E-state index is 13.2. The van der Waals surface area contributed by atoms with Gasteiger partial charge in [-0.05, 0) is 42.5 Å². The number of halogens is 2. The maximum atomic E-state index is 13.2. The first-order chi connectivity index (χ1) is 13.5. The molecule has 8 heteroatoms. The lowest BCUT2D eigenvalue weighted by Crippen LogP contribution is -2.16. The molecule has 0 bridgehead atoms. The van der Waals surface area contributed by atoms with E-state index in [4.69, 9.17) is 5.26 Å². The minimum absolute atomic E-state index is 0.0661. The molecular weight excluding hydrogens is 366 g/mol. The van der Waals surface area contributed by atoms with Crippen LogP contribution in [-0.4, -0.2) is 16.8 Å². The molecule has 6 nitrogen and oxygen atoms in total. The highest BCUT2D eigenvalue weighted by Crippen LogP contribution is 2.15. The van der Waals surface area contributed by atoms with Crippen LogP contribution in [0.25, 0.3) is 0 Å². The number of rotatable bonds is 4. The van der Waals surface area contributed by atoms with E-state index in [-0.39, 0.29) is 16.8 Å². The number of nitrogens with zero attached hydrogens (tertiary/aromatic N) is 2. The number of carbonyl (C=O) groups is 2. The zero-order valence-electron chi connectivity index (χ0n) is 14.2. The molecule has 0 spiro atoms. The van der Waals surface area contributed by atoms with Gasteiger partial charge < -0.3 is 10.6 Å². The Hall–Kier alpha value is -4.12. The fourth-order valence-corrected chi connectivity index (χ4v) is 2.30. The number of pyridine rings is 1. The van der Waals surface area contributed by atoms with Gasteiger partial charge in [-0.25, -0.2) is 8.78 Å². The Morgan fingerprint density at radius 3 is 1.96 bits per heavy atom. The van der Waals surface area contributed by atoms with Crippen LogP contribution in [0.1, 0.15) is 26.3 Å². The van der Waals surface area contributed by atoms with Crippen molar-refractivity contribution in [3.05, 3.63) is 89.2 Å². The van der Waals surface area contributed by atoms with E-state index in [0.717, 1.165) is 12.1 Å². The molecule has 2 aromatic carbocycles. The van der Waals surface area contributed by atoms with Gasteiger partial charge >= 0.3 is 0 Å². The standard InChI is InChI=1S/C20H12F2N4O2/c21-17-6-5-16(8-18(17)22)26-20(28)14-7-13(10-24-11-14)19(27)25-15-3-1-12(9-23)2-4-15/h1-8,10-11H,(H,25,27)(H,26,28). The molecular formula is C20H12F2N4O2. The second-order valence-electron chi connectivity index (χ2n) is 5.69. The van der Waals surface area contributed by atoms with Crippen LogP contribution in [0.5, 0.6) is 0 Å². The van der Waals surface area contributed by atoms with E-state index in [2.05, 4.69) is 15.6 Å². The largest absolute Gasteiger partial charge is 0.322 e. The van der Waals surface area contributed by atoms with Gasteiger partial charge in [0.2, 0.25) is 0 Å². The molecule has 1 heterocycles. The summed E-state index contributed by atoms with van der Waals surface area (Å²) in [6, 6.07) is 12.5. The second-order valence-corrected chi connectivity index (χ2v) is 5.69. The number of carbonyl (C=O) groups excluding carboxylic acids is 2. The molecule has 28 heavy (non-hydrogen) atoms. The zero-order chi connectivity index (χ0) is 20.1. The molecule has 0 saturated heterocycles. The highest BCUT2D eigenvalue weighted by atomic mass is 19.2. The molecule has 0 aliphatic carbocycles. The van der Waals surface area contributed by atoms with Crippen molar-refractivity contribution >= 4 is 23.2 Å². The van der Waals surface area contributed by atoms with Crippen molar-refractivity contribution in [1.29, 1.82) is 5.26 Å². The average Bonchev–Trinajstić information content (AvgIpc) is 2.71. The number of amides is 2. The van der Waals surface area contributed by atoms with Crippen molar-refractivity contribution in [2.24, 2.45) is 0 Å². The summed E-state index contributed by atoms with van der Waals surface area (Å²) in [5.41, 5.74) is 1.19. The predicted molar refractivity (Wildman–Crippen MR) is 97.7 cm³/mol. The van der Waals surface area contributed by atoms with Crippen LogP contribution in [0.4, 0.5) is 20.2 Å². The minimum Gasteiger partial charge on any atom is -0.322 e. The lowest BCUT2D eigenvalue weighted by atomic mass is 10.1. The highest BCUT2D eigenvalue weighted by Gasteiger charge is 2.13. The lowest BCUT2D eigenvalue weighted by molar-refractivity contribution is 0.102. The SMILES string of the molecule is N#Cc1ccc(NC(=O)c2cncc(C(=O)Nc3ccc(F)c(F)c3)c2)cc1. The number of nitriles is 1.